The molecule has 0 amide bonds. The molecule has 0 heterocycles. The number of benzene rings is 1. The van der Waals surface area contributed by atoms with Gasteiger partial charge in [0, 0.05) is 20.8 Å². The molecule has 13 heavy (non-hydrogen) atoms. The molecular formula is C9H8ClIN2. The zero-order chi connectivity index (χ0) is 9.68. The van der Waals surface area contributed by atoms with E-state index in [4.69, 9.17) is 16.9 Å². The molecule has 0 atom stereocenters. The van der Waals surface area contributed by atoms with Crippen molar-refractivity contribution in [1.29, 1.82) is 5.26 Å². The topological polar surface area (TPSA) is 35.8 Å². The van der Waals surface area contributed by atoms with Crippen LogP contribution in [0.2, 0.25) is 5.02 Å². The number of halogens is 2. The number of nitriles is 1. The molecule has 1 rings (SSSR count). The van der Waals surface area contributed by atoms with Crippen LogP contribution in [0.1, 0.15) is 6.42 Å². The molecule has 1 aromatic rings. The molecule has 1 N–H and O–H groups in total. The van der Waals surface area contributed by atoms with Crippen molar-refractivity contribution < 1.29 is 0 Å². The Morgan fingerprint density at radius 3 is 2.92 bits per heavy atom. The Balaban J connectivity index is 2.62. The van der Waals surface area contributed by atoms with Crippen molar-refractivity contribution in [2.24, 2.45) is 0 Å². The van der Waals surface area contributed by atoms with Gasteiger partial charge in [0.1, 0.15) is 0 Å². The van der Waals surface area contributed by atoms with Gasteiger partial charge in [-0.1, -0.05) is 11.6 Å². The Bertz CT molecular complexity index is 333. The summed E-state index contributed by atoms with van der Waals surface area (Å²) in [5.74, 6) is 0. The number of hydrogen-bond acceptors (Lipinski definition) is 2. The van der Waals surface area contributed by atoms with Crippen LogP contribution in [0.25, 0.3) is 0 Å². The zero-order valence-electron chi connectivity index (χ0n) is 6.85. The van der Waals surface area contributed by atoms with Gasteiger partial charge >= 0.3 is 0 Å². The van der Waals surface area contributed by atoms with Gasteiger partial charge in [0.2, 0.25) is 0 Å². The van der Waals surface area contributed by atoms with Crippen molar-refractivity contribution in [2.75, 3.05) is 11.9 Å². The third kappa shape index (κ3) is 3.41. The van der Waals surface area contributed by atoms with Crippen molar-refractivity contribution in [3.05, 3.63) is 26.8 Å². The molecule has 0 aliphatic rings. The summed E-state index contributed by atoms with van der Waals surface area (Å²) >= 11 is 8.00. The first-order chi connectivity index (χ1) is 6.24. The minimum atomic E-state index is 0.513. The molecule has 0 saturated heterocycles. The summed E-state index contributed by atoms with van der Waals surface area (Å²) in [7, 11) is 0. The molecule has 1 aromatic carbocycles. The fourth-order valence-corrected chi connectivity index (χ4v) is 1.95. The van der Waals surface area contributed by atoms with Crippen LogP contribution >= 0.6 is 34.2 Å². The number of hydrogen-bond donors (Lipinski definition) is 1. The highest BCUT2D eigenvalue weighted by atomic mass is 127. The monoisotopic (exact) mass is 306 g/mol. The molecule has 0 saturated carbocycles. The summed E-state index contributed by atoms with van der Waals surface area (Å²) in [6, 6.07) is 7.71. The average molecular weight is 307 g/mol. The van der Waals surface area contributed by atoms with E-state index in [1.807, 2.05) is 18.2 Å². The first kappa shape index (κ1) is 10.6. The Labute approximate surface area is 96.0 Å². The van der Waals surface area contributed by atoms with Crippen molar-refractivity contribution in [3.63, 3.8) is 0 Å². The molecule has 0 bridgehead atoms. The molecule has 0 spiro atoms. The molecule has 4 heteroatoms. The van der Waals surface area contributed by atoms with Gasteiger partial charge in [0.05, 0.1) is 12.5 Å². The van der Waals surface area contributed by atoms with E-state index < -0.39 is 0 Å². The second-order valence-electron chi connectivity index (χ2n) is 2.46. The van der Waals surface area contributed by atoms with Crippen LogP contribution in [-0.2, 0) is 0 Å². The second kappa shape index (κ2) is 5.30. The summed E-state index contributed by atoms with van der Waals surface area (Å²) in [5.41, 5.74) is 1.03. The number of rotatable bonds is 3. The highest BCUT2D eigenvalue weighted by Crippen LogP contribution is 2.21. The van der Waals surface area contributed by atoms with E-state index in [9.17, 15) is 0 Å². The summed E-state index contributed by atoms with van der Waals surface area (Å²) in [6.07, 6.45) is 0.513. The first-order valence-electron chi connectivity index (χ1n) is 3.80. The van der Waals surface area contributed by atoms with E-state index in [0.717, 1.165) is 14.3 Å². The largest absolute Gasteiger partial charge is 0.383 e. The van der Waals surface area contributed by atoms with Crippen LogP contribution in [-0.4, -0.2) is 6.54 Å². The molecule has 0 aliphatic carbocycles. The molecule has 0 unspecified atom stereocenters. The highest BCUT2D eigenvalue weighted by Gasteiger charge is 1.98. The number of nitrogens with one attached hydrogen (secondary N) is 1. The molecule has 68 valence electrons. The SMILES string of the molecule is N#CCCNc1ccc(Cl)cc1I. The van der Waals surface area contributed by atoms with Gasteiger partial charge in [0.25, 0.3) is 0 Å². The smallest absolute Gasteiger partial charge is 0.0640 e. The van der Waals surface area contributed by atoms with Gasteiger partial charge in [-0.2, -0.15) is 5.26 Å². The van der Waals surface area contributed by atoms with E-state index >= 15 is 0 Å². The zero-order valence-corrected chi connectivity index (χ0v) is 9.76. The van der Waals surface area contributed by atoms with Crippen LogP contribution in [0, 0.1) is 14.9 Å². The highest BCUT2D eigenvalue weighted by molar-refractivity contribution is 14.1. The first-order valence-corrected chi connectivity index (χ1v) is 5.25. The lowest BCUT2D eigenvalue weighted by Gasteiger charge is -2.06. The molecule has 0 radical (unpaired) electrons. The molecule has 0 fully saturated rings. The maximum Gasteiger partial charge on any atom is 0.0640 e. The summed E-state index contributed by atoms with van der Waals surface area (Å²) in [5, 5.41) is 12.2. The molecule has 2 nitrogen and oxygen atoms in total. The van der Waals surface area contributed by atoms with E-state index in [1.54, 1.807) is 0 Å². The van der Waals surface area contributed by atoms with Crippen molar-refractivity contribution in [3.8, 4) is 6.07 Å². The lowest BCUT2D eigenvalue weighted by molar-refractivity contribution is 1.07. The predicted octanol–water partition coefficient (Wildman–Crippen LogP) is 3.27. The lowest BCUT2D eigenvalue weighted by Crippen LogP contribution is -2.01. The standard InChI is InChI=1S/C9H8ClIN2/c10-7-2-3-9(8(11)6-7)13-5-1-4-12/h2-3,6,13H,1,5H2. The van der Waals surface area contributed by atoms with Crippen molar-refractivity contribution >= 4 is 39.9 Å². The molecular weight excluding hydrogens is 298 g/mol. The Hall–Kier alpha value is -0.470. The van der Waals surface area contributed by atoms with Gasteiger partial charge in [0.15, 0.2) is 0 Å². The second-order valence-corrected chi connectivity index (χ2v) is 4.06. The van der Waals surface area contributed by atoms with Crippen molar-refractivity contribution in [2.45, 2.75) is 6.42 Å². The Morgan fingerprint density at radius 2 is 2.31 bits per heavy atom. The number of anilines is 1. The Kier molecular flexibility index (Phi) is 4.33. The summed E-state index contributed by atoms with van der Waals surface area (Å²) in [4.78, 5) is 0. The average Bonchev–Trinajstić information content (AvgIpc) is 2.09. The Morgan fingerprint density at radius 1 is 1.54 bits per heavy atom. The van der Waals surface area contributed by atoms with E-state index in [-0.39, 0.29) is 0 Å². The fourth-order valence-electron chi connectivity index (χ4n) is 0.886. The van der Waals surface area contributed by atoms with Gasteiger partial charge in [-0.15, -0.1) is 0 Å². The van der Waals surface area contributed by atoms with Crippen LogP contribution in [0.5, 0.6) is 0 Å². The minimum absolute atomic E-state index is 0.513. The quantitative estimate of drug-likeness (QED) is 0.687. The number of nitrogens with zero attached hydrogens (tertiary/aromatic N) is 1. The van der Waals surface area contributed by atoms with Crippen LogP contribution in [0.4, 0.5) is 5.69 Å². The van der Waals surface area contributed by atoms with Crippen molar-refractivity contribution in [1.82, 2.24) is 0 Å². The third-order valence-electron chi connectivity index (χ3n) is 1.48. The minimum Gasteiger partial charge on any atom is -0.383 e. The molecule has 0 aromatic heterocycles. The predicted molar refractivity (Wildman–Crippen MR) is 62.9 cm³/mol. The van der Waals surface area contributed by atoms with Crippen LogP contribution < -0.4 is 5.32 Å². The van der Waals surface area contributed by atoms with Gasteiger partial charge in [-0.05, 0) is 40.8 Å². The van der Waals surface area contributed by atoms with Crippen LogP contribution in [0.15, 0.2) is 18.2 Å². The lowest BCUT2D eigenvalue weighted by atomic mass is 10.3. The fraction of sp³-hybridized carbons (Fsp3) is 0.222. The van der Waals surface area contributed by atoms with Gasteiger partial charge in [-0.3, -0.25) is 0 Å². The summed E-state index contributed by atoms with van der Waals surface area (Å²) < 4.78 is 1.07. The van der Waals surface area contributed by atoms with Gasteiger partial charge < -0.3 is 5.32 Å². The molecule has 0 aliphatic heterocycles. The normalized spacial score (nSPS) is 9.31. The van der Waals surface area contributed by atoms with E-state index in [1.165, 1.54) is 0 Å². The summed E-state index contributed by atoms with van der Waals surface area (Å²) in [6.45, 7) is 0.675. The van der Waals surface area contributed by atoms with E-state index in [0.29, 0.717) is 13.0 Å². The third-order valence-corrected chi connectivity index (χ3v) is 2.61. The van der Waals surface area contributed by atoms with Crippen LogP contribution in [0.3, 0.4) is 0 Å². The van der Waals surface area contributed by atoms with E-state index in [2.05, 4.69) is 34.0 Å². The maximum atomic E-state index is 8.34. The maximum absolute atomic E-state index is 8.34. The van der Waals surface area contributed by atoms with Gasteiger partial charge in [-0.25, -0.2) is 0 Å².